The third-order valence-electron chi connectivity index (χ3n) is 3.04. The predicted molar refractivity (Wildman–Crippen MR) is 75.5 cm³/mol. The maximum absolute atomic E-state index is 12.7. The van der Waals surface area contributed by atoms with Crippen LogP contribution < -0.4 is 4.84 Å². The van der Waals surface area contributed by atoms with E-state index in [9.17, 15) is 22.8 Å². The van der Waals surface area contributed by atoms with E-state index in [1.165, 1.54) is 12.1 Å². The van der Waals surface area contributed by atoms with Crippen molar-refractivity contribution in [2.24, 2.45) is 0 Å². The number of carbonyl (C=O) groups is 2. The molecule has 0 N–H and O–H groups in total. The number of benzene rings is 2. The molecule has 2 aromatic carbocycles. The van der Waals surface area contributed by atoms with E-state index >= 15 is 0 Å². The highest BCUT2D eigenvalue weighted by molar-refractivity contribution is 6.00. The molecular weight excluding hydrogens is 311 g/mol. The fraction of sp³-hybridized carbons (Fsp3) is 0.125. The highest BCUT2D eigenvalue weighted by atomic mass is 19.4. The Hall–Kier alpha value is -2.83. The van der Waals surface area contributed by atoms with Crippen molar-refractivity contribution in [2.45, 2.75) is 13.1 Å². The van der Waals surface area contributed by atoms with Gasteiger partial charge in [-0.05, 0) is 36.8 Å². The summed E-state index contributed by atoms with van der Waals surface area (Å²) < 4.78 is 38.0. The molecule has 0 atom stereocenters. The maximum Gasteiger partial charge on any atom is 0.416 e. The van der Waals surface area contributed by atoms with Crippen molar-refractivity contribution in [3.63, 3.8) is 0 Å². The number of rotatable bonds is 4. The van der Waals surface area contributed by atoms with E-state index in [2.05, 4.69) is 0 Å². The van der Waals surface area contributed by atoms with Crippen LogP contribution in [0.3, 0.4) is 0 Å². The Kier molecular flexibility index (Phi) is 4.68. The number of nitrogens with zero attached hydrogens (tertiary/aromatic N) is 1. The lowest BCUT2D eigenvalue weighted by Crippen LogP contribution is -2.33. The molecule has 2 aromatic rings. The SMILES string of the molecule is Cc1ccccc1C(=O)N(C=O)Oc1cccc(C(F)(F)F)c1. The molecule has 120 valence electrons. The average molecular weight is 323 g/mol. The zero-order valence-corrected chi connectivity index (χ0v) is 12.0. The summed E-state index contributed by atoms with van der Waals surface area (Å²) in [5.74, 6) is -1.04. The van der Waals surface area contributed by atoms with Gasteiger partial charge in [-0.2, -0.15) is 13.2 Å². The van der Waals surface area contributed by atoms with Gasteiger partial charge in [0.25, 0.3) is 12.3 Å². The molecule has 2 amide bonds. The molecule has 0 bridgehead atoms. The zero-order chi connectivity index (χ0) is 17.0. The minimum atomic E-state index is -4.55. The van der Waals surface area contributed by atoms with Gasteiger partial charge in [-0.15, -0.1) is 5.06 Å². The van der Waals surface area contributed by atoms with Crippen molar-refractivity contribution < 1.29 is 27.6 Å². The first-order chi connectivity index (χ1) is 10.8. The summed E-state index contributed by atoms with van der Waals surface area (Å²) in [7, 11) is 0. The second-order valence-corrected chi connectivity index (χ2v) is 4.67. The number of alkyl halides is 3. The molecule has 0 radical (unpaired) electrons. The maximum atomic E-state index is 12.7. The van der Waals surface area contributed by atoms with Crippen LogP contribution in [0, 0.1) is 6.92 Å². The van der Waals surface area contributed by atoms with Gasteiger partial charge in [-0.1, -0.05) is 24.3 Å². The predicted octanol–water partition coefficient (Wildman–Crippen LogP) is 3.61. The average Bonchev–Trinajstić information content (AvgIpc) is 2.52. The topological polar surface area (TPSA) is 46.6 Å². The van der Waals surface area contributed by atoms with Gasteiger partial charge in [0, 0.05) is 5.56 Å². The molecule has 0 saturated carbocycles. The summed E-state index contributed by atoms with van der Waals surface area (Å²) >= 11 is 0. The highest BCUT2D eigenvalue weighted by Crippen LogP contribution is 2.31. The van der Waals surface area contributed by atoms with Crippen LogP contribution >= 0.6 is 0 Å². The highest BCUT2D eigenvalue weighted by Gasteiger charge is 2.31. The lowest BCUT2D eigenvalue weighted by Gasteiger charge is -2.17. The monoisotopic (exact) mass is 323 g/mol. The van der Waals surface area contributed by atoms with Crippen LogP contribution in [0.15, 0.2) is 48.5 Å². The van der Waals surface area contributed by atoms with Gasteiger partial charge in [-0.3, -0.25) is 9.59 Å². The van der Waals surface area contributed by atoms with E-state index in [-0.39, 0.29) is 17.7 Å². The molecule has 0 unspecified atom stereocenters. The largest absolute Gasteiger partial charge is 0.416 e. The van der Waals surface area contributed by atoms with Crippen molar-refractivity contribution in [3.8, 4) is 5.75 Å². The third kappa shape index (κ3) is 3.88. The normalized spacial score (nSPS) is 11.0. The molecule has 0 aromatic heterocycles. The minimum Gasteiger partial charge on any atom is -0.369 e. The molecule has 0 aliphatic carbocycles. The number of halogens is 3. The first-order valence-corrected chi connectivity index (χ1v) is 6.52. The molecule has 4 nitrogen and oxygen atoms in total. The first-order valence-electron chi connectivity index (χ1n) is 6.52. The molecule has 23 heavy (non-hydrogen) atoms. The van der Waals surface area contributed by atoms with Crippen molar-refractivity contribution >= 4 is 12.3 Å². The van der Waals surface area contributed by atoms with E-state index in [0.29, 0.717) is 16.7 Å². The molecule has 2 rings (SSSR count). The van der Waals surface area contributed by atoms with Gasteiger partial charge in [0.05, 0.1) is 5.56 Å². The Morgan fingerprint density at radius 1 is 1.13 bits per heavy atom. The molecular formula is C16H12F3NO3. The molecule has 0 heterocycles. The van der Waals surface area contributed by atoms with Crippen LogP contribution in [0.5, 0.6) is 5.75 Å². The Morgan fingerprint density at radius 3 is 2.43 bits per heavy atom. The molecule has 0 fully saturated rings. The first kappa shape index (κ1) is 16.5. The summed E-state index contributed by atoms with van der Waals surface area (Å²) in [5, 5.41) is 0.359. The van der Waals surface area contributed by atoms with E-state index in [1.807, 2.05) is 0 Å². The van der Waals surface area contributed by atoms with E-state index in [1.54, 1.807) is 25.1 Å². The number of amides is 2. The van der Waals surface area contributed by atoms with Gasteiger partial charge in [0.15, 0.2) is 5.75 Å². The van der Waals surface area contributed by atoms with E-state index in [0.717, 1.165) is 12.1 Å². The molecule has 0 saturated heterocycles. The van der Waals surface area contributed by atoms with Gasteiger partial charge in [0.1, 0.15) is 0 Å². The number of hydroxylamine groups is 2. The van der Waals surface area contributed by atoms with E-state index in [4.69, 9.17) is 4.84 Å². The van der Waals surface area contributed by atoms with Crippen molar-refractivity contribution in [2.75, 3.05) is 0 Å². The number of imide groups is 1. The second-order valence-electron chi connectivity index (χ2n) is 4.67. The van der Waals surface area contributed by atoms with Crippen molar-refractivity contribution in [1.82, 2.24) is 5.06 Å². The summed E-state index contributed by atoms with van der Waals surface area (Å²) in [5.41, 5.74) is -0.118. The molecule has 0 aliphatic heterocycles. The number of hydrogen-bond acceptors (Lipinski definition) is 3. The standard InChI is InChI=1S/C16H12F3NO3/c1-11-5-2-3-8-14(11)15(22)20(10-21)23-13-7-4-6-12(9-13)16(17,18)19/h2-10H,1H3. The number of carbonyl (C=O) groups excluding carboxylic acids is 2. The van der Waals surface area contributed by atoms with Gasteiger partial charge >= 0.3 is 6.18 Å². The van der Waals surface area contributed by atoms with Crippen LogP contribution in [-0.4, -0.2) is 17.4 Å². The van der Waals surface area contributed by atoms with Crippen LogP contribution in [0.4, 0.5) is 13.2 Å². The number of aryl methyl sites for hydroxylation is 1. The third-order valence-corrected chi connectivity index (χ3v) is 3.04. The minimum absolute atomic E-state index is 0.106. The van der Waals surface area contributed by atoms with Gasteiger partial charge in [0.2, 0.25) is 0 Å². The quantitative estimate of drug-likeness (QED) is 0.638. The van der Waals surface area contributed by atoms with Crippen LogP contribution in [-0.2, 0) is 11.0 Å². The fourth-order valence-corrected chi connectivity index (χ4v) is 1.89. The molecule has 7 heteroatoms. The Bertz CT molecular complexity index is 729. The van der Waals surface area contributed by atoms with Gasteiger partial charge in [-0.25, -0.2) is 0 Å². The smallest absolute Gasteiger partial charge is 0.369 e. The van der Waals surface area contributed by atoms with Gasteiger partial charge < -0.3 is 4.84 Å². The Balaban J connectivity index is 2.25. The summed E-state index contributed by atoms with van der Waals surface area (Å²) in [6.45, 7) is 1.67. The van der Waals surface area contributed by atoms with Crippen molar-refractivity contribution in [1.29, 1.82) is 0 Å². The van der Waals surface area contributed by atoms with Crippen molar-refractivity contribution in [3.05, 3.63) is 65.2 Å². The second kappa shape index (κ2) is 6.51. The lowest BCUT2D eigenvalue weighted by molar-refractivity contribution is -0.138. The molecule has 0 spiro atoms. The fourth-order valence-electron chi connectivity index (χ4n) is 1.89. The summed E-state index contributed by atoms with van der Waals surface area (Å²) in [6, 6.07) is 10.4. The summed E-state index contributed by atoms with van der Waals surface area (Å²) in [4.78, 5) is 28.3. The van der Waals surface area contributed by atoms with Crippen LogP contribution in [0.25, 0.3) is 0 Å². The van der Waals surface area contributed by atoms with Crippen LogP contribution in [0.2, 0.25) is 0 Å². The van der Waals surface area contributed by atoms with E-state index < -0.39 is 17.6 Å². The molecule has 0 aliphatic rings. The Morgan fingerprint density at radius 2 is 1.83 bits per heavy atom. The summed E-state index contributed by atoms with van der Waals surface area (Å²) in [6.07, 6.45) is -4.44. The lowest BCUT2D eigenvalue weighted by atomic mass is 10.1. The Labute approximate surface area is 130 Å². The number of hydrogen-bond donors (Lipinski definition) is 0. The van der Waals surface area contributed by atoms with Crippen LogP contribution in [0.1, 0.15) is 21.5 Å². The zero-order valence-electron chi connectivity index (χ0n) is 12.0.